The highest BCUT2D eigenvalue weighted by Gasteiger charge is 2.14. The van der Waals surface area contributed by atoms with Gasteiger partial charge in [0, 0.05) is 0 Å². The van der Waals surface area contributed by atoms with Crippen molar-refractivity contribution in [1.82, 2.24) is 10.6 Å². The normalized spacial score (nSPS) is 16.4. The smallest absolute Gasteiger partial charge is 0.00431 e. The number of hydrogen-bond acceptors (Lipinski definition) is 2. The van der Waals surface area contributed by atoms with E-state index in [1.54, 1.807) is 0 Å². The first-order chi connectivity index (χ1) is 7.77. The molecule has 0 spiro atoms. The summed E-state index contributed by atoms with van der Waals surface area (Å²) in [7, 11) is 3.75. The molecule has 1 saturated heterocycles. The fraction of sp³-hybridized carbons (Fsp3) is 0.571. The van der Waals surface area contributed by atoms with E-state index >= 15 is 0 Å². The monoisotopic (exact) mass is 220 g/mol. The first-order valence-corrected chi connectivity index (χ1v) is 6.13. The maximum Gasteiger partial charge on any atom is -0.00431 e. The van der Waals surface area contributed by atoms with Gasteiger partial charge >= 0.3 is 0 Å². The molecule has 90 valence electrons. The van der Waals surface area contributed by atoms with Gasteiger partial charge in [-0.3, -0.25) is 0 Å². The predicted molar refractivity (Wildman–Crippen MR) is 71.0 cm³/mol. The second-order valence-corrected chi connectivity index (χ2v) is 4.43. The summed E-state index contributed by atoms with van der Waals surface area (Å²) in [6, 6.07) is 9.01. The zero-order valence-corrected chi connectivity index (χ0v) is 10.7. The molecule has 0 atom stereocenters. The summed E-state index contributed by atoms with van der Waals surface area (Å²) in [6.45, 7) is 4.50. The molecule has 0 saturated carbocycles. The molecule has 0 amide bonds. The molecule has 1 aromatic carbocycles. The second kappa shape index (κ2) is 7.42. The summed E-state index contributed by atoms with van der Waals surface area (Å²) in [5.74, 6) is 0.793. The van der Waals surface area contributed by atoms with Crippen LogP contribution >= 0.6 is 0 Å². The summed E-state index contributed by atoms with van der Waals surface area (Å²) in [5.41, 5.74) is 2.88. The Labute approximate surface area is 99.5 Å². The van der Waals surface area contributed by atoms with Crippen molar-refractivity contribution in [3.63, 3.8) is 0 Å². The minimum absolute atomic E-state index is 0.793. The van der Waals surface area contributed by atoms with E-state index in [-0.39, 0.29) is 0 Å². The molecule has 16 heavy (non-hydrogen) atoms. The lowest BCUT2D eigenvalue weighted by molar-refractivity contribution is 0.460. The van der Waals surface area contributed by atoms with Crippen molar-refractivity contribution in [1.29, 1.82) is 0 Å². The number of aryl methyl sites for hydroxylation is 1. The molecule has 1 aliphatic heterocycles. The van der Waals surface area contributed by atoms with Gasteiger partial charge < -0.3 is 10.6 Å². The van der Waals surface area contributed by atoms with E-state index in [1.807, 2.05) is 14.1 Å². The molecule has 2 nitrogen and oxygen atoms in total. The molecule has 2 N–H and O–H groups in total. The average molecular weight is 220 g/mol. The van der Waals surface area contributed by atoms with E-state index < -0.39 is 0 Å². The van der Waals surface area contributed by atoms with E-state index in [2.05, 4.69) is 41.8 Å². The lowest BCUT2D eigenvalue weighted by Gasteiger charge is -2.22. The second-order valence-electron chi connectivity index (χ2n) is 4.43. The van der Waals surface area contributed by atoms with Gasteiger partial charge in [-0.2, -0.15) is 0 Å². The number of nitrogens with one attached hydrogen (secondary N) is 2. The van der Waals surface area contributed by atoms with Crippen molar-refractivity contribution in [3.05, 3.63) is 35.4 Å². The zero-order chi connectivity index (χ0) is 11.8. The van der Waals surface area contributed by atoms with Crippen LogP contribution in [0.4, 0.5) is 0 Å². The first kappa shape index (κ1) is 13.2. The largest absolute Gasteiger partial charge is 0.323 e. The van der Waals surface area contributed by atoms with Crippen LogP contribution in [0.15, 0.2) is 24.3 Å². The molecule has 1 fully saturated rings. The standard InChI is InChI=1S/C12H17N.C2H7N/c1-10-2-4-11(5-3-10)12-6-8-13-9-7-12;1-3-2/h2-5,12-13H,6-9H2,1H3;3H,1-2H3. The topological polar surface area (TPSA) is 24.1 Å². The van der Waals surface area contributed by atoms with Gasteiger partial charge in [-0.25, -0.2) is 0 Å². The third-order valence-electron chi connectivity index (χ3n) is 2.89. The fourth-order valence-corrected chi connectivity index (χ4v) is 1.99. The van der Waals surface area contributed by atoms with Crippen molar-refractivity contribution in [2.45, 2.75) is 25.7 Å². The van der Waals surface area contributed by atoms with Gasteiger partial charge in [-0.15, -0.1) is 0 Å². The molecule has 1 aromatic rings. The van der Waals surface area contributed by atoms with Crippen LogP contribution in [0.1, 0.15) is 29.9 Å². The van der Waals surface area contributed by atoms with Gasteiger partial charge in [0.2, 0.25) is 0 Å². The highest BCUT2D eigenvalue weighted by Crippen LogP contribution is 2.24. The first-order valence-electron chi connectivity index (χ1n) is 6.13. The maximum absolute atomic E-state index is 3.40. The van der Waals surface area contributed by atoms with Crippen molar-refractivity contribution in [3.8, 4) is 0 Å². The van der Waals surface area contributed by atoms with Gasteiger partial charge in [0.25, 0.3) is 0 Å². The number of hydrogen-bond donors (Lipinski definition) is 2. The van der Waals surface area contributed by atoms with Crippen LogP contribution in [0, 0.1) is 6.92 Å². The molecule has 0 aromatic heterocycles. The summed E-state index contributed by atoms with van der Waals surface area (Å²) < 4.78 is 0. The van der Waals surface area contributed by atoms with Crippen molar-refractivity contribution < 1.29 is 0 Å². The van der Waals surface area contributed by atoms with Crippen molar-refractivity contribution in [2.75, 3.05) is 27.2 Å². The molecule has 0 bridgehead atoms. The van der Waals surface area contributed by atoms with Crippen LogP contribution in [-0.4, -0.2) is 27.2 Å². The van der Waals surface area contributed by atoms with Gasteiger partial charge in [0.1, 0.15) is 0 Å². The molecule has 2 heteroatoms. The summed E-state index contributed by atoms with van der Waals surface area (Å²) >= 11 is 0. The lowest BCUT2D eigenvalue weighted by Crippen LogP contribution is -2.26. The number of rotatable bonds is 1. The van der Waals surface area contributed by atoms with Gasteiger partial charge in [0.15, 0.2) is 0 Å². The Morgan fingerprint density at radius 1 is 1.06 bits per heavy atom. The van der Waals surface area contributed by atoms with Gasteiger partial charge in [0.05, 0.1) is 0 Å². The van der Waals surface area contributed by atoms with Gasteiger partial charge in [-0.1, -0.05) is 29.8 Å². The van der Waals surface area contributed by atoms with Crippen LogP contribution in [-0.2, 0) is 0 Å². The Kier molecular flexibility index (Phi) is 6.12. The van der Waals surface area contributed by atoms with Crippen molar-refractivity contribution in [2.24, 2.45) is 0 Å². The minimum Gasteiger partial charge on any atom is -0.323 e. The molecular formula is C14H24N2. The molecule has 0 aliphatic carbocycles. The average Bonchev–Trinajstić information content (AvgIpc) is 2.32. The minimum atomic E-state index is 0.793. The van der Waals surface area contributed by atoms with E-state index in [4.69, 9.17) is 0 Å². The zero-order valence-electron chi connectivity index (χ0n) is 10.7. The van der Waals surface area contributed by atoms with Crippen LogP contribution in [0.5, 0.6) is 0 Å². The Morgan fingerprint density at radius 3 is 2.06 bits per heavy atom. The van der Waals surface area contributed by atoms with Crippen LogP contribution in [0.25, 0.3) is 0 Å². The van der Waals surface area contributed by atoms with Crippen LogP contribution in [0.3, 0.4) is 0 Å². The van der Waals surface area contributed by atoms with Crippen LogP contribution < -0.4 is 10.6 Å². The highest BCUT2D eigenvalue weighted by molar-refractivity contribution is 5.24. The SMILES string of the molecule is CNC.Cc1ccc(C2CCNCC2)cc1. The highest BCUT2D eigenvalue weighted by atomic mass is 14.9. The van der Waals surface area contributed by atoms with E-state index in [1.165, 1.54) is 37.1 Å². The Hall–Kier alpha value is -0.860. The molecule has 2 rings (SSSR count). The molecule has 0 unspecified atom stereocenters. The molecule has 1 heterocycles. The summed E-state index contributed by atoms with van der Waals surface area (Å²) in [6.07, 6.45) is 2.59. The summed E-state index contributed by atoms with van der Waals surface area (Å²) in [5, 5.41) is 6.15. The Balaban J connectivity index is 0.000000386. The third kappa shape index (κ3) is 4.33. The molecule has 1 aliphatic rings. The Morgan fingerprint density at radius 2 is 1.56 bits per heavy atom. The van der Waals surface area contributed by atoms with Crippen molar-refractivity contribution >= 4 is 0 Å². The molecular weight excluding hydrogens is 196 g/mol. The number of piperidine rings is 1. The quantitative estimate of drug-likeness (QED) is 0.759. The van der Waals surface area contributed by atoms with Gasteiger partial charge in [-0.05, 0) is 58.4 Å². The van der Waals surface area contributed by atoms with Crippen LogP contribution in [0.2, 0.25) is 0 Å². The number of benzene rings is 1. The fourth-order valence-electron chi connectivity index (χ4n) is 1.99. The molecule has 0 radical (unpaired) electrons. The van der Waals surface area contributed by atoms with E-state index in [9.17, 15) is 0 Å². The summed E-state index contributed by atoms with van der Waals surface area (Å²) in [4.78, 5) is 0. The third-order valence-corrected chi connectivity index (χ3v) is 2.89. The van der Waals surface area contributed by atoms with E-state index in [0.29, 0.717) is 0 Å². The van der Waals surface area contributed by atoms with E-state index in [0.717, 1.165) is 5.92 Å². The maximum atomic E-state index is 3.40. The predicted octanol–water partition coefficient (Wildman–Crippen LogP) is 2.30. The lowest BCUT2D eigenvalue weighted by atomic mass is 9.90. The Bertz CT molecular complexity index is 273.